The zero-order valence-electron chi connectivity index (χ0n) is 14.6. The van der Waals surface area contributed by atoms with Crippen molar-refractivity contribution < 1.29 is 4.79 Å². The smallest absolute Gasteiger partial charge is 0.138 e. The molecule has 2 fully saturated rings. The number of Topliss-reactive ketones (excluding diaryl/α,β-unsaturated/α-hetero) is 1. The van der Waals surface area contributed by atoms with Gasteiger partial charge in [0.25, 0.3) is 0 Å². The summed E-state index contributed by atoms with van der Waals surface area (Å²) in [5, 5.41) is 0. The molecule has 0 aromatic carbocycles. The van der Waals surface area contributed by atoms with E-state index in [1.54, 1.807) is 0 Å². The minimum atomic E-state index is 0.216. The summed E-state index contributed by atoms with van der Waals surface area (Å²) in [6.07, 6.45) is 7.91. The molecule has 0 aromatic heterocycles. The molecule has 21 heavy (non-hydrogen) atoms. The molecule has 0 unspecified atom stereocenters. The highest BCUT2D eigenvalue weighted by atomic mass is 16.1. The lowest BCUT2D eigenvalue weighted by Gasteiger charge is -2.37. The highest BCUT2D eigenvalue weighted by molar-refractivity contribution is 5.82. The van der Waals surface area contributed by atoms with Crippen molar-refractivity contribution in [3.63, 3.8) is 0 Å². The van der Waals surface area contributed by atoms with E-state index in [1.807, 2.05) is 13.8 Å². The fraction of sp³-hybridized carbons (Fsp3) is 0.947. The third kappa shape index (κ3) is 4.81. The predicted molar refractivity (Wildman–Crippen MR) is 89.3 cm³/mol. The van der Waals surface area contributed by atoms with Gasteiger partial charge in [-0.2, -0.15) is 0 Å². The van der Waals surface area contributed by atoms with Crippen LogP contribution in [-0.4, -0.2) is 30.3 Å². The number of rotatable bonds is 5. The third-order valence-corrected chi connectivity index (χ3v) is 5.91. The first-order chi connectivity index (χ1) is 9.97. The van der Waals surface area contributed by atoms with Crippen molar-refractivity contribution in [2.45, 2.75) is 66.2 Å². The Hall–Kier alpha value is -0.370. The van der Waals surface area contributed by atoms with Crippen LogP contribution in [0, 0.1) is 29.6 Å². The average Bonchev–Trinajstić information content (AvgIpc) is 2.47. The van der Waals surface area contributed by atoms with Gasteiger partial charge < -0.3 is 4.90 Å². The molecule has 2 rings (SSSR count). The van der Waals surface area contributed by atoms with Crippen molar-refractivity contribution >= 4 is 5.78 Å². The minimum Gasteiger partial charge on any atom is -0.303 e. The van der Waals surface area contributed by atoms with Gasteiger partial charge in [0.1, 0.15) is 5.78 Å². The Morgan fingerprint density at radius 2 is 1.52 bits per heavy atom. The molecule has 2 heteroatoms. The van der Waals surface area contributed by atoms with E-state index in [2.05, 4.69) is 18.7 Å². The van der Waals surface area contributed by atoms with Crippen molar-refractivity contribution in [3.8, 4) is 0 Å². The number of piperidine rings is 1. The average molecular weight is 293 g/mol. The van der Waals surface area contributed by atoms with Crippen molar-refractivity contribution in [2.24, 2.45) is 29.6 Å². The van der Waals surface area contributed by atoms with Gasteiger partial charge >= 0.3 is 0 Å². The van der Waals surface area contributed by atoms with E-state index in [0.29, 0.717) is 11.7 Å². The van der Waals surface area contributed by atoms with Crippen LogP contribution in [0.1, 0.15) is 66.2 Å². The molecule has 0 radical (unpaired) electrons. The van der Waals surface area contributed by atoms with E-state index in [1.165, 1.54) is 32.2 Å². The summed E-state index contributed by atoms with van der Waals surface area (Å²) in [4.78, 5) is 14.7. The maximum Gasteiger partial charge on any atom is 0.138 e. The van der Waals surface area contributed by atoms with E-state index < -0.39 is 0 Å². The van der Waals surface area contributed by atoms with E-state index in [0.717, 1.165) is 43.7 Å². The van der Waals surface area contributed by atoms with E-state index in [-0.39, 0.29) is 5.92 Å². The first-order valence-electron chi connectivity index (χ1n) is 9.23. The molecular weight excluding hydrogens is 258 g/mol. The molecule has 1 saturated carbocycles. The maximum atomic E-state index is 12.1. The normalized spacial score (nSPS) is 29.2. The van der Waals surface area contributed by atoms with E-state index in [4.69, 9.17) is 0 Å². The molecule has 1 aliphatic heterocycles. The molecule has 0 atom stereocenters. The van der Waals surface area contributed by atoms with E-state index in [9.17, 15) is 4.79 Å². The lowest BCUT2D eigenvalue weighted by Crippen LogP contribution is -2.40. The summed E-state index contributed by atoms with van der Waals surface area (Å²) < 4.78 is 0. The second kappa shape index (κ2) is 7.76. The lowest BCUT2D eigenvalue weighted by atomic mass is 9.76. The SMILES string of the molecule is CC(C)C(=O)C1CCN(C[C@H]2CC[C@@H](C(C)C)CC2)CC1. The third-order valence-electron chi connectivity index (χ3n) is 5.91. The highest BCUT2D eigenvalue weighted by Gasteiger charge is 2.29. The van der Waals surface area contributed by atoms with E-state index >= 15 is 0 Å². The first kappa shape index (κ1) is 17.0. The fourth-order valence-electron chi connectivity index (χ4n) is 4.27. The zero-order valence-corrected chi connectivity index (χ0v) is 14.6. The van der Waals surface area contributed by atoms with Gasteiger partial charge in [-0.05, 0) is 69.4 Å². The Balaban J connectivity index is 1.69. The van der Waals surface area contributed by atoms with Gasteiger partial charge in [0.05, 0.1) is 0 Å². The van der Waals surface area contributed by atoms with Gasteiger partial charge in [0.15, 0.2) is 0 Å². The summed E-state index contributed by atoms with van der Waals surface area (Å²) in [6.45, 7) is 12.4. The second-order valence-electron chi connectivity index (χ2n) is 8.16. The number of hydrogen-bond acceptors (Lipinski definition) is 2. The predicted octanol–water partition coefficient (Wildman–Crippen LogP) is 4.39. The fourth-order valence-corrected chi connectivity index (χ4v) is 4.27. The van der Waals surface area contributed by atoms with Gasteiger partial charge in [-0.15, -0.1) is 0 Å². The Kier molecular flexibility index (Phi) is 6.28. The van der Waals surface area contributed by atoms with Crippen LogP contribution in [0.5, 0.6) is 0 Å². The summed E-state index contributed by atoms with van der Waals surface area (Å²) in [6, 6.07) is 0. The minimum absolute atomic E-state index is 0.216. The molecule has 1 saturated heterocycles. The zero-order chi connectivity index (χ0) is 15.4. The Labute approximate surface area is 131 Å². The van der Waals surface area contributed by atoms with Gasteiger partial charge in [0.2, 0.25) is 0 Å². The Bertz CT molecular complexity index is 320. The second-order valence-corrected chi connectivity index (χ2v) is 8.16. The standard InChI is InChI=1S/C19H35NO/c1-14(2)17-7-5-16(6-8-17)13-20-11-9-18(10-12-20)19(21)15(3)4/h14-18H,5-13H2,1-4H3/t16-,17+. The van der Waals surface area contributed by atoms with Crippen molar-refractivity contribution in [1.29, 1.82) is 0 Å². The molecule has 1 heterocycles. The van der Waals surface area contributed by atoms with Crippen molar-refractivity contribution in [1.82, 2.24) is 4.90 Å². The van der Waals surface area contributed by atoms with Crippen LogP contribution in [-0.2, 0) is 4.79 Å². The van der Waals surface area contributed by atoms with Crippen molar-refractivity contribution in [3.05, 3.63) is 0 Å². The molecule has 0 spiro atoms. The number of likely N-dealkylation sites (tertiary alicyclic amines) is 1. The molecule has 0 bridgehead atoms. The molecule has 0 N–H and O–H groups in total. The number of hydrogen-bond donors (Lipinski definition) is 0. The summed E-state index contributed by atoms with van der Waals surface area (Å²) >= 11 is 0. The van der Waals surface area contributed by atoms with Crippen LogP contribution in [0.4, 0.5) is 0 Å². The van der Waals surface area contributed by atoms with Crippen LogP contribution in [0.2, 0.25) is 0 Å². The Morgan fingerprint density at radius 3 is 2.00 bits per heavy atom. The summed E-state index contributed by atoms with van der Waals surface area (Å²) in [5.74, 6) is 3.80. The number of carbonyl (C=O) groups is 1. The molecular formula is C19H35NO. The van der Waals surface area contributed by atoms with Crippen molar-refractivity contribution in [2.75, 3.05) is 19.6 Å². The van der Waals surface area contributed by atoms with Crippen LogP contribution < -0.4 is 0 Å². The first-order valence-corrected chi connectivity index (χ1v) is 9.23. The molecule has 2 nitrogen and oxygen atoms in total. The lowest BCUT2D eigenvalue weighted by molar-refractivity contribution is -0.127. The van der Waals surface area contributed by atoms with Crippen LogP contribution >= 0.6 is 0 Å². The quantitative estimate of drug-likeness (QED) is 0.749. The van der Waals surface area contributed by atoms with Crippen LogP contribution in [0.25, 0.3) is 0 Å². The molecule has 0 amide bonds. The molecule has 122 valence electrons. The number of nitrogens with zero attached hydrogens (tertiary/aromatic N) is 1. The topological polar surface area (TPSA) is 20.3 Å². The number of ketones is 1. The van der Waals surface area contributed by atoms with Gasteiger partial charge in [-0.3, -0.25) is 4.79 Å². The highest BCUT2D eigenvalue weighted by Crippen LogP contribution is 2.34. The largest absolute Gasteiger partial charge is 0.303 e. The monoisotopic (exact) mass is 293 g/mol. The molecule has 2 aliphatic rings. The van der Waals surface area contributed by atoms with Crippen LogP contribution in [0.3, 0.4) is 0 Å². The van der Waals surface area contributed by atoms with Crippen LogP contribution in [0.15, 0.2) is 0 Å². The summed E-state index contributed by atoms with van der Waals surface area (Å²) in [7, 11) is 0. The molecule has 1 aliphatic carbocycles. The van der Waals surface area contributed by atoms with Gasteiger partial charge in [-0.25, -0.2) is 0 Å². The number of carbonyl (C=O) groups excluding carboxylic acids is 1. The van der Waals surface area contributed by atoms with Gasteiger partial charge in [0, 0.05) is 18.4 Å². The molecule has 0 aromatic rings. The Morgan fingerprint density at radius 1 is 0.952 bits per heavy atom. The summed E-state index contributed by atoms with van der Waals surface area (Å²) in [5.41, 5.74) is 0. The maximum absolute atomic E-state index is 12.1. The van der Waals surface area contributed by atoms with Gasteiger partial charge in [-0.1, -0.05) is 27.7 Å².